The Labute approximate surface area is 152 Å². The van der Waals surface area contributed by atoms with E-state index in [0.717, 1.165) is 63.1 Å². The topological polar surface area (TPSA) is 58.6 Å². The molecule has 1 saturated heterocycles. The number of rotatable bonds is 5. The highest BCUT2D eigenvalue weighted by atomic mass is 32.1. The van der Waals surface area contributed by atoms with Gasteiger partial charge in [0.2, 0.25) is 6.79 Å². The van der Waals surface area contributed by atoms with Crippen LogP contribution in [-0.4, -0.2) is 57.5 Å². The highest BCUT2D eigenvalue weighted by molar-refractivity contribution is 7.71. The predicted octanol–water partition coefficient (Wildman–Crippen LogP) is 2.01. The summed E-state index contributed by atoms with van der Waals surface area (Å²) in [6, 6.07) is 6.22. The van der Waals surface area contributed by atoms with Crippen molar-refractivity contribution >= 4 is 12.2 Å². The van der Waals surface area contributed by atoms with Crippen molar-refractivity contribution in [1.82, 2.24) is 24.6 Å². The van der Waals surface area contributed by atoms with Crippen LogP contribution in [0.15, 0.2) is 18.2 Å². The second kappa shape index (κ2) is 7.15. The maximum Gasteiger partial charge on any atom is 0.231 e. The molecule has 0 aliphatic carbocycles. The number of H-pyrrole nitrogens is 1. The SMILES string of the molecule is CCn1c(CN2CCN(Cc3ccc4c(c3)OCO4)CC2)n[nH]c1=S. The van der Waals surface area contributed by atoms with Gasteiger partial charge in [-0.25, -0.2) is 0 Å². The zero-order valence-corrected chi connectivity index (χ0v) is 15.2. The van der Waals surface area contributed by atoms with Gasteiger partial charge in [0.05, 0.1) is 6.54 Å². The number of hydrogen-bond acceptors (Lipinski definition) is 6. The van der Waals surface area contributed by atoms with Crippen LogP contribution in [0, 0.1) is 4.77 Å². The summed E-state index contributed by atoms with van der Waals surface area (Å²) in [7, 11) is 0. The Morgan fingerprint density at radius 2 is 1.80 bits per heavy atom. The van der Waals surface area contributed by atoms with Crippen LogP contribution in [-0.2, 0) is 19.6 Å². The van der Waals surface area contributed by atoms with E-state index in [0.29, 0.717) is 11.6 Å². The average molecular weight is 361 g/mol. The van der Waals surface area contributed by atoms with Crippen LogP contribution in [0.4, 0.5) is 0 Å². The van der Waals surface area contributed by atoms with Crippen LogP contribution in [0.5, 0.6) is 11.5 Å². The van der Waals surface area contributed by atoms with Crippen molar-refractivity contribution in [1.29, 1.82) is 0 Å². The average Bonchev–Trinajstić information content (AvgIpc) is 3.22. The van der Waals surface area contributed by atoms with Gasteiger partial charge in [0.15, 0.2) is 16.3 Å². The molecular formula is C17H23N5O2S. The fourth-order valence-electron chi connectivity index (χ4n) is 3.40. The van der Waals surface area contributed by atoms with Crippen molar-refractivity contribution in [3.8, 4) is 11.5 Å². The summed E-state index contributed by atoms with van der Waals surface area (Å²) >= 11 is 5.26. The molecule has 7 nitrogen and oxygen atoms in total. The summed E-state index contributed by atoms with van der Waals surface area (Å²) in [5.41, 5.74) is 1.27. The van der Waals surface area contributed by atoms with Gasteiger partial charge in [-0.2, -0.15) is 5.10 Å². The third-order valence-electron chi connectivity index (χ3n) is 4.83. The first kappa shape index (κ1) is 16.6. The second-order valence-electron chi connectivity index (χ2n) is 6.43. The zero-order chi connectivity index (χ0) is 17.2. The largest absolute Gasteiger partial charge is 0.454 e. The molecule has 4 rings (SSSR count). The van der Waals surface area contributed by atoms with E-state index in [9.17, 15) is 0 Å². The van der Waals surface area contributed by atoms with Crippen LogP contribution < -0.4 is 9.47 Å². The Bertz CT molecular complexity index is 795. The third-order valence-corrected chi connectivity index (χ3v) is 5.14. The van der Waals surface area contributed by atoms with E-state index in [1.807, 2.05) is 6.07 Å². The molecule has 1 N–H and O–H groups in total. The fraction of sp³-hybridized carbons (Fsp3) is 0.529. The van der Waals surface area contributed by atoms with E-state index < -0.39 is 0 Å². The first-order valence-corrected chi connectivity index (χ1v) is 9.11. The van der Waals surface area contributed by atoms with Gasteiger partial charge in [-0.3, -0.25) is 14.9 Å². The Morgan fingerprint density at radius 3 is 2.56 bits per heavy atom. The molecule has 0 amide bonds. The number of nitrogens with one attached hydrogen (secondary N) is 1. The lowest BCUT2D eigenvalue weighted by Gasteiger charge is -2.34. The van der Waals surface area contributed by atoms with E-state index in [-0.39, 0.29) is 0 Å². The summed E-state index contributed by atoms with van der Waals surface area (Å²) in [4.78, 5) is 4.91. The van der Waals surface area contributed by atoms with Crippen LogP contribution in [0.2, 0.25) is 0 Å². The molecule has 0 bridgehead atoms. The van der Waals surface area contributed by atoms with Crippen molar-refractivity contribution in [3.63, 3.8) is 0 Å². The number of hydrogen-bond donors (Lipinski definition) is 1. The van der Waals surface area contributed by atoms with E-state index in [1.54, 1.807) is 0 Å². The number of fused-ring (bicyclic) bond motifs is 1. The van der Waals surface area contributed by atoms with Crippen LogP contribution in [0.1, 0.15) is 18.3 Å². The minimum Gasteiger partial charge on any atom is -0.454 e. The number of ether oxygens (including phenoxy) is 2. The highest BCUT2D eigenvalue weighted by Crippen LogP contribution is 2.32. The molecule has 0 spiro atoms. The second-order valence-corrected chi connectivity index (χ2v) is 6.82. The van der Waals surface area contributed by atoms with E-state index in [1.165, 1.54) is 5.56 Å². The van der Waals surface area contributed by atoms with Gasteiger partial charge < -0.3 is 14.0 Å². The monoisotopic (exact) mass is 361 g/mol. The maximum atomic E-state index is 5.47. The minimum absolute atomic E-state index is 0.328. The molecule has 2 aromatic rings. The highest BCUT2D eigenvalue weighted by Gasteiger charge is 2.20. The molecule has 8 heteroatoms. The predicted molar refractivity (Wildman–Crippen MR) is 96.2 cm³/mol. The van der Waals surface area contributed by atoms with E-state index >= 15 is 0 Å². The summed E-state index contributed by atoms with van der Waals surface area (Å²) in [6.45, 7) is 9.23. The third kappa shape index (κ3) is 3.56. The van der Waals surface area contributed by atoms with Crippen LogP contribution in [0.25, 0.3) is 0 Å². The molecule has 0 atom stereocenters. The Balaban J connectivity index is 1.31. The smallest absolute Gasteiger partial charge is 0.231 e. The Hall–Kier alpha value is -1.90. The van der Waals surface area contributed by atoms with Gasteiger partial charge in [0, 0.05) is 39.3 Å². The van der Waals surface area contributed by atoms with Crippen molar-refractivity contribution in [2.45, 2.75) is 26.6 Å². The molecule has 0 saturated carbocycles. The standard InChI is InChI=1S/C17H23N5O2S/c1-2-22-16(18-19-17(22)25)11-21-7-5-20(6-8-21)10-13-3-4-14-15(9-13)24-12-23-14/h3-4,9H,2,5-8,10-12H2,1H3,(H,19,25). The van der Waals surface area contributed by atoms with Crippen molar-refractivity contribution in [2.24, 2.45) is 0 Å². The van der Waals surface area contributed by atoms with Gasteiger partial charge in [-0.1, -0.05) is 6.07 Å². The number of benzene rings is 1. The number of nitrogens with zero attached hydrogens (tertiary/aromatic N) is 4. The Kier molecular flexibility index (Phi) is 4.74. The van der Waals surface area contributed by atoms with Crippen molar-refractivity contribution in [3.05, 3.63) is 34.4 Å². The molecule has 2 aliphatic rings. The molecule has 3 heterocycles. The first-order chi connectivity index (χ1) is 12.2. The van der Waals surface area contributed by atoms with E-state index in [2.05, 4.69) is 43.6 Å². The lowest BCUT2D eigenvalue weighted by Crippen LogP contribution is -2.45. The lowest BCUT2D eigenvalue weighted by molar-refractivity contribution is 0.118. The molecule has 1 fully saturated rings. The molecular weight excluding hydrogens is 338 g/mol. The quantitative estimate of drug-likeness (QED) is 0.822. The number of piperazine rings is 1. The van der Waals surface area contributed by atoms with Gasteiger partial charge in [0.1, 0.15) is 5.82 Å². The summed E-state index contributed by atoms with van der Waals surface area (Å²) in [5, 5.41) is 7.26. The normalized spacial score (nSPS) is 18.0. The molecule has 134 valence electrons. The number of aromatic nitrogens is 3. The lowest BCUT2D eigenvalue weighted by atomic mass is 10.1. The van der Waals surface area contributed by atoms with Crippen molar-refractivity contribution < 1.29 is 9.47 Å². The zero-order valence-electron chi connectivity index (χ0n) is 14.4. The molecule has 25 heavy (non-hydrogen) atoms. The first-order valence-electron chi connectivity index (χ1n) is 8.70. The molecule has 0 unspecified atom stereocenters. The fourth-order valence-corrected chi connectivity index (χ4v) is 3.68. The minimum atomic E-state index is 0.328. The maximum absolute atomic E-state index is 5.47. The van der Waals surface area contributed by atoms with Crippen LogP contribution >= 0.6 is 12.2 Å². The summed E-state index contributed by atoms with van der Waals surface area (Å²) in [5.74, 6) is 2.73. The van der Waals surface area contributed by atoms with Gasteiger partial charge >= 0.3 is 0 Å². The van der Waals surface area contributed by atoms with Gasteiger partial charge in [-0.15, -0.1) is 0 Å². The van der Waals surface area contributed by atoms with Gasteiger partial charge in [0.25, 0.3) is 0 Å². The molecule has 0 radical (unpaired) electrons. The number of aromatic amines is 1. The van der Waals surface area contributed by atoms with Crippen molar-refractivity contribution in [2.75, 3.05) is 33.0 Å². The van der Waals surface area contributed by atoms with Crippen LogP contribution in [0.3, 0.4) is 0 Å². The van der Waals surface area contributed by atoms with Gasteiger partial charge in [-0.05, 0) is 36.8 Å². The Morgan fingerprint density at radius 1 is 1.08 bits per heavy atom. The molecule has 1 aromatic carbocycles. The van der Waals surface area contributed by atoms with E-state index in [4.69, 9.17) is 21.7 Å². The molecule has 1 aromatic heterocycles. The summed E-state index contributed by atoms with van der Waals surface area (Å²) in [6.07, 6.45) is 0. The summed E-state index contributed by atoms with van der Waals surface area (Å²) < 4.78 is 13.6. The molecule has 2 aliphatic heterocycles.